The van der Waals surface area contributed by atoms with E-state index >= 15 is 0 Å². The highest BCUT2D eigenvalue weighted by molar-refractivity contribution is 5.97. The first-order valence-corrected chi connectivity index (χ1v) is 10.4. The third kappa shape index (κ3) is 5.11. The van der Waals surface area contributed by atoms with Crippen LogP contribution in [0.5, 0.6) is 0 Å². The van der Waals surface area contributed by atoms with E-state index in [9.17, 15) is 9.59 Å². The summed E-state index contributed by atoms with van der Waals surface area (Å²) in [6.07, 6.45) is 1.55. The molecule has 30 heavy (non-hydrogen) atoms. The normalized spacial score (nSPS) is 14.4. The molecular weight excluding hydrogens is 380 g/mol. The van der Waals surface area contributed by atoms with Crippen molar-refractivity contribution in [3.05, 3.63) is 41.5 Å². The van der Waals surface area contributed by atoms with Crippen molar-refractivity contribution in [1.82, 2.24) is 19.9 Å². The van der Waals surface area contributed by atoms with Gasteiger partial charge < -0.3 is 15.1 Å². The maximum atomic E-state index is 13.0. The van der Waals surface area contributed by atoms with Crippen LogP contribution in [-0.4, -0.2) is 57.8 Å². The number of piperazine rings is 1. The fourth-order valence-corrected chi connectivity index (χ4v) is 3.22. The first kappa shape index (κ1) is 21.7. The quantitative estimate of drug-likeness (QED) is 0.815. The number of hydrogen-bond acceptors (Lipinski definition) is 6. The molecule has 3 heterocycles. The van der Waals surface area contributed by atoms with E-state index in [1.54, 1.807) is 18.3 Å². The van der Waals surface area contributed by atoms with Gasteiger partial charge in [-0.2, -0.15) is 0 Å². The minimum atomic E-state index is -0.152. The van der Waals surface area contributed by atoms with Crippen LogP contribution in [-0.2, 0) is 4.79 Å². The van der Waals surface area contributed by atoms with E-state index in [1.165, 1.54) is 0 Å². The van der Waals surface area contributed by atoms with Gasteiger partial charge in [0.1, 0.15) is 17.5 Å². The predicted molar refractivity (Wildman–Crippen MR) is 117 cm³/mol. The minimum absolute atomic E-state index is 0.0566. The summed E-state index contributed by atoms with van der Waals surface area (Å²) in [6, 6.07) is 5.32. The molecule has 1 fully saturated rings. The first-order valence-electron chi connectivity index (χ1n) is 10.4. The molecular formula is C22H30N6O2. The molecule has 2 aromatic rings. The molecule has 2 amide bonds. The third-order valence-electron chi connectivity index (χ3n) is 5.05. The molecule has 0 spiro atoms. The Morgan fingerprint density at radius 2 is 1.73 bits per heavy atom. The van der Waals surface area contributed by atoms with Crippen LogP contribution in [0, 0.1) is 12.8 Å². The van der Waals surface area contributed by atoms with Crippen molar-refractivity contribution < 1.29 is 9.59 Å². The Morgan fingerprint density at radius 1 is 1.03 bits per heavy atom. The number of pyridine rings is 1. The molecule has 0 aromatic carbocycles. The number of nitrogens with one attached hydrogen (secondary N) is 1. The molecule has 0 unspecified atom stereocenters. The summed E-state index contributed by atoms with van der Waals surface area (Å²) in [5, 5.41) is 2.74. The van der Waals surface area contributed by atoms with Crippen molar-refractivity contribution in [2.45, 2.75) is 40.5 Å². The number of aromatic nitrogens is 3. The SMILES string of the molecule is Cc1cc(N2CCN(C(=O)c3ccnc(NC(=O)C(C)C)c3)CC2)nc(C(C)C)n1. The van der Waals surface area contributed by atoms with E-state index in [-0.39, 0.29) is 23.7 Å². The summed E-state index contributed by atoms with van der Waals surface area (Å²) in [7, 11) is 0. The number of hydrogen-bond donors (Lipinski definition) is 1. The van der Waals surface area contributed by atoms with Crippen molar-refractivity contribution in [2.75, 3.05) is 36.4 Å². The van der Waals surface area contributed by atoms with Gasteiger partial charge in [-0.15, -0.1) is 0 Å². The molecule has 0 atom stereocenters. The number of aryl methyl sites for hydroxylation is 1. The largest absolute Gasteiger partial charge is 0.353 e. The van der Waals surface area contributed by atoms with Gasteiger partial charge >= 0.3 is 0 Å². The number of carbonyl (C=O) groups excluding carboxylic acids is 2. The van der Waals surface area contributed by atoms with Gasteiger partial charge in [-0.25, -0.2) is 15.0 Å². The van der Waals surface area contributed by atoms with Crippen molar-refractivity contribution in [3.8, 4) is 0 Å². The van der Waals surface area contributed by atoms with Crippen LogP contribution in [0.4, 0.5) is 11.6 Å². The van der Waals surface area contributed by atoms with Gasteiger partial charge in [0.15, 0.2) is 0 Å². The minimum Gasteiger partial charge on any atom is -0.353 e. The summed E-state index contributed by atoms with van der Waals surface area (Å²) in [5.74, 6) is 2.10. The summed E-state index contributed by atoms with van der Waals surface area (Å²) in [6.45, 7) is 12.4. The Hall–Kier alpha value is -3.03. The Morgan fingerprint density at radius 3 is 2.37 bits per heavy atom. The van der Waals surface area contributed by atoms with Crippen molar-refractivity contribution >= 4 is 23.5 Å². The molecule has 1 aliphatic heterocycles. The monoisotopic (exact) mass is 410 g/mol. The van der Waals surface area contributed by atoms with Crippen LogP contribution in [0.15, 0.2) is 24.4 Å². The standard InChI is InChI=1S/C22H30N6O2/c1-14(2)20-24-16(5)12-19(26-20)27-8-10-28(11-9-27)22(30)17-6-7-23-18(13-17)25-21(29)15(3)4/h6-7,12-15H,8-11H2,1-5H3,(H,23,25,29). The Balaban J connectivity index is 1.65. The van der Waals surface area contributed by atoms with E-state index in [2.05, 4.69) is 34.0 Å². The van der Waals surface area contributed by atoms with Crippen LogP contribution >= 0.6 is 0 Å². The highest BCUT2D eigenvalue weighted by atomic mass is 16.2. The van der Waals surface area contributed by atoms with Gasteiger partial charge in [-0.1, -0.05) is 27.7 Å². The smallest absolute Gasteiger partial charge is 0.254 e. The molecule has 3 rings (SSSR count). The van der Waals surface area contributed by atoms with Crippen LogP contribution in [0.3, 0.4) is 0 Å². The van der Waals surface area contributed by atoms with Crippen LogP contribution in [0.2, 0.25) is 0 Å². The number of rotatable bonds is 5. The fraction of sp³-hybridized carbons (Fsp3) is 0.500. The first-order chi connectivity index (χ1) is 14.2. The van der Waals surface area contributed by atoms with Gasteiger partial charge in [-0.3, -0.25) is 9.59 Å². The highest BCUT2D eigenvalue weighted by Gasteiger charge is 2.24. The predicted octanol–water partition coefficient (Wildman–Crippen LogP) is 2.86. The van der Waals surface area contributed by atoms with E-state index < -0.39 is 0 Å². The fourth-order valence-electron chi connectivity index (χ4n) is 3.22. The van der Waals surface area contributed by atoms with Crippen LogP contribution < -0.4 is 10.2 Å². The maximum absolute atomic E-state index is 13.0. The molecule has 0 aliphatic carbocycles. The van der Waals surface area contributed by atoms with E-state index in [4.69, 9.17) is 4.98 Å². The third-order valence-corrected chi connectivity index (χ3v) is 5.05. The molecule has 8 heteroatoms. The van der Waals surface area contributed by atoms with Gasteiger partial charge in [0.25, 0.3) is 5.91 Å². The van der Waals surface area contributed by atoms with Crippen molar-refractivity contribution in [2.24, 2.45) is 5.92 Å². The van der Waals surface area contributed by atoms with Gasteiger partial charge in [-0.05, 0) is 19.1 Å². The molecule has 0 saturated carbocycles. The molecule has 1 aliphatic rings. The number of nitrogens with zero attached hydrogens (tertiary/aromatic N) is 5. The second kappa shape index (κ2) is 9.19. The van der Waals surface area contributed by atoms with Crippen LogP contribution in [0.25, 0.3) is 0 Å². The zero-order valence-electron chi connectivity index (χ0n) is 18.3. The van der Waals surface area contributed by atoms with Crippen molar-refractivity contribution in [3.63, 3.8) is 0 Å². The molecule has 0 bridgehead atoms. The van der Waals surface area contributed by atoms with E-state index in [0.29, 0.717) is 37.6 Å². The zero-order valence-corrected chi connectivity index (χ0v) is 18.3. The lowest BCUT2D eigenvalue weighted by atomic mass is 10.2. The summed E-state index contributed by atoms with van der Waals surface area (Å²) in [4.78, 5) is 42.2. The maximum Gasteiger partial charge on any atom is 0.254 e. The van der Waals surface area contributed by atoms with Gasteiger partial charge in [0, 0.05) is 61.5 Å². The molecule has 2 aromatic heterocycles. The Bertz CT molecular complexity index is 920. The second-order valence-electron chi connectivity index (χ2n) is 8.23. The number of anilines is 2. The Labute approximate surface area is 177 Å². The highest BCUT2D eigenvalue weighted by Crippen LogP contribution is 2.20. The van der Waals surface area contributed by atoms with Gasteiger partial charge in [0.05, 0.1) is 0 Å². The summed E-state index contributed by atoms with van der Waals surface area (Å²) >= 11 is 0. The molecule has 8 nitrogen and oxygen atoms in total. The Kier molecular flexibility index (Phi) is 6.64. The number of amides is 2. The van der Waals surface area contributed by atoms with E-state index in [1.807, 2.05) is 31.7 Å². The lowest BCUT2D eigenvalue weighted by molar-refractivity contribution is -0.118. The molecule has 1 saturated heterocycles. The van der Waals surface area contributed by atoms with Crippen molar-refractivity contribution in [1.29, 1.82) is 0 Å². The average molecular weight is 411 g/mol. The molecule has 0 radical (unpaired) electrons. The summed E-state index contributed by atoms with van der Waals surface area (Å²) < 4.78 is 0. The lowest BCUT2D eigenvalue weighted by Gasteiger charge is -2.35. The lowest BCUT2D eigenvalue weighted by Crippen LogP contribution is -2.49. The topological polar surface area (TPSA) is 91.3 Å². The number of carbonyl (C=O) groups is 2. The van der Waals surface area contributed by atoms with Gasteiger partial charge in [0.2, 0.25) is 5.91 Å². The van der Waals surface area contributed by atoms with E-state index in [0.717, 1.165) is 17.3 Å². The molecule has 1 N–H and O–H groups in total. The second-order valence-corrected chi connectivity index (χ2v) is 8.23. The average Bonchev–Trinajstić information content (AvgIpc) is 2.73. The molecule has 160 valence electrons. The summed E-state index contributed by atoms with van der Waals surface area (Å²) in [5.41, 5.74) is 1.48. The van der Waals surface area contributed by atoms with Crippen LogP contribution in [0.1, 0.15) is 55.5 Å². The zero-order chi connectivity index (χ0) is 21.8.